The molecule has 33 heavy (non-hydrogen) atoms. The quantitative estimate of drug-likeness (QED) is 0.520. The van der Waals surface area contributed by atoms with Crippen molar-refractivity contribution in [2.75, 3.05) is 31.1 Å². The SMILES string of the molecule is Cc1ccc(N2C(=O)C[C@H]([NH+]3CCN(S(=O)(=O)c4ccc(F)c(F)c4F)CC3)C2=O)c(C)c1. The summed E-state index contributed by atoms with van der Waals surface area (Å²) in [5, 5.41) is 0. The number of piperazine rings is 1. The van der Waals surface area contributed by atoms with Crippen molar-refractivity contribution in [2.24, 2.45) is 0 Å². The maximum atomic E-state index is 14.1. The van der Waals surface area contributed by atoms with Crippen LogP contribution in [0.15, 0.2) is 35.2 Å². The molecule has 0 radical (unpaired) electrons. The van der Waals surface area contributed by atoms with Crippen molar-refractivity contribution in [1.82, 2.24) is 4.31 Å². The lowest BCUT2D eigenvalue weighted by molar-refractivity contribution is -0.918. The van der Waals surface area contributed by atoms with Crippen LogP contribution < -0.4 is 9.80 Å². The van der Waals surface area contributed by atoms with E-state index in [2.05, 4.69) is 0 Å². The second kappa shape index (κ2) is 8.54. The molecular weight excluding hydrogens is 459 g/mol. The molecule has 2 aromatic rings. The number of imide groups is 1. The van der Waals surface area contributed by atoms with E-state index in [1.165, 1.54) is 4.90 Å². The van der Waals surface area contributed by atoms with Gasteiger partial charge in [0.1, 0.15) is 4.90 Å². The second-order valence-corrected chi connectivity index (χ2v) is 10.3. The van der Waals surface area contributed by atoms with Crippen LogP contribution in [0.25, 0.3) is 0 Å². The van der Waals surface area contributed by atoms with Gasteiger partial charge in [-0.1, -0.05) is 17.7 Å². The standard InChI is InChI=1S/C22H22F3N3O4S/c1-13-3-5-16(14(2)11-13)28-19(29)12-17(22(28)30)26-7-9-27(10-8-26)33(31,32)18-6-4-15(23)20(24)21(18)25/h3-6,11,17H,7-10,12H2,1-2H3/p+1/t17-/m0/s1. The summed E-state index contributed by atoms with van der Waals surface area (Å²) in [5.41, 5.74) is 2.34. The van der Waals surface area contributed by atoms with Gasteiger partial charge in [-0.2, -0.15) is 4.31 Å². The van der Waals surface area contributed by atoms with Gasteiger partial charge in [-0.15, -0.1) is 0 Å². The fraction of sp³-hybridized carbons (Fsp3) is 0.364. The number of anilines is 1. The normalized spacial score (nSPS) is 20.6. The highest BCUT2D eigenvalue weighted by Crippen LogP contribution is 2.27. The van der Waals surface area contributed by atoms with Crippen LogP contribution in [0.2, 0.25) is 0 Å². The Kier molecular flexibility index (Phi) is 6.06. The predicted molar refractivity (Wildman–Crippen MR) is 113 cm³/mol. The zero-order valence-corrected chi connectivity index (χ0v) is 18.9. The molecule has 1 atom stereocenters. The van der Waals surface area contributed by atoms with Gasteiger partial charge in [0, 0.05) is 0 Å². The fourth-order valence-electron chi connectivity index (χ4n) is 4.47. The van der Waals surface area contributed by atoms with Gasteiger partial charge in [0.25, 0.3) is 5.91 Å². The molecule has 2 aliphatic heterocycles. The number of aryl methyl sites for hydroxylation is 2. The second-order valence-electron chi connectivity index (χ2n) is 8.35. The lowest BCUT2D eigenvalue weighted by atomic mass is 10.1. The number of nitrogens with zero attached hydrogens (tertiary/aromatic N) is 2. The van der Waals surface area contributed by atoms with Crippen LogP contribution in [0.1, 0.15) is 17.5 Å². The third kappa shape index (κ3) is 4.04. The van der Waals surface area contributed by atoms with Crippen LogP contribution >= 0.6 is 0 Å². The summed E-state index contributed by atoms with van der Waals surface area (Å²) in [4.78, 5) is 26.8. The number of halogens is 3. The average Bonchev–Trinajstić information content (AvgIpc) is 3.06. The number of hydrogen-bond acceptors (Lipinski definition) is 4. The molecule has 1 N–H and O–H groups in total. The number of sulfonamides is 1. The highest BCUT2D eigenvalue weighted by molar-refractivity contribution is 7.89. The molecule has 2 fully saturated rings. The number of rotatable bonds is 4. The molecule has 2 heterocycles. The van der Waals surface area contributed by atoms with Gasteiger partial charge in [-0.25, -0.2) is 26.5 Å². The molecule has 7 nitrogen and oxygen atoms in total. The molecule has 0 spiro atoms. The fourth-order valence-corrected chi connectivity index (χ4v) is 5.97. The number of amides is 2. The van der Waals surface area contributed by atoms with Crippen molar-refractivity contribution in [3.05, 3.63) is 58.9 Å². The van der Waals surface area contributed by atoms with Crippen LogP contribution in [0.4, 0.5) is 18.9 Å². The molecule has 2 aliphatic rings. The smallest absolute Gasteiger partial charge is 0.292 e. The number of quaternary nitrogens is 1. The number of benzene rings is 2. The Labute approximate surface area is 189 Å². The predicted octanol–water partition coefficient (Wildman–Crippen LogP) is 0.942. The topological polar surface area (TPSA) is 79.2 Å². The lowest BCUT2D eigenvalue weighted by Crippen LogP contribution is -3.19. The third-order valence-electron chi connectivity index (χ3n) is 6.21. The van der Waals surface area contributed by atoms with Crippen molar-refractivity contribution in [1.29, 1.82) is 0 Å². The van der Waals surface area contributed by atoms with E-state index in [1.54, 1.807) is 6.07 Å². The van der Waals surface area contributed by atoms with Crippen molar-refractivity contribution in [3.63, 3.8) is 0 Å². The van der Waals surface area contributed by atoms with Crippen molar-refractivity contribution >= 4 is 27.5 Å². The Bertz CT molecular complexity index is 1240. The molecule has 0 unspecified atom stereocenters. The molecule has 2 aromatic carbocycles. The summed E-state index contributed by atoms with van der Waals surface area (Å²) in [6.07, 6.45) is 0.00599. The van der Waals surface area contributed by atoms with E-state index in [4.69, 9.17) is 0 Å². The summed E-state index contributed by atoms with van der Waals surface area (Å²) < 4.78 is 67.4. The van der Waals surface area contributed by atoms with Crippen LogP contribution in [-0.4, -0.2) is 56.8 Å². The number of carbonyl (C=O) groups is 2. The first kappa shape index (κ1) is 23.4. The van der Waals surface area contributed by atoms with Crippen molar-refractivity contribution in [2.45, 2.75) is 31.2 Å². The van der Waals surface area contributed by atoms with Crippen molar-refractivity contribution < 1.29 is 36.1 Å². The summed E-state index contributed by atoms with van der Waals surface area (Å²) in [7, 11) is -4.39. The summed E-state index contributed by atoms with van der Waals surface area (Å²) in [6.45, 7) is 4.03. The van der Waals surface area contributed by atoms with Crippen LogP contribution in [0, 0.1) is 31.3 Å². The Morgan fingerprint density at radius 3 is 2.27 bits per heavy atom. The Morgan fingerprint density at radius 2 is 1.64 bits per heavy atom. The van der Waals surface area contributed by atoms with Gasteiger partial charge < -0.3 is 4.90 Å². The van der Waals surface area contributed by atoms with Gasteiger partial charge >= 0.3 is 0 Å². The molecule has 2 amide bonds. The maximum Gasteiger partial charge on any atom is 0.292 e. The molecule has 0 saturated carbocycles. The molecule has 0 aliphatic carbocycles. The lowest BCUT2D eigenvalue weighted by Gasteiger charge is -2.33. The average molecular weight is 483 g/mol. The minimum Gasteiger partial charge on any atom is -0.322 e. The maximum absolute atomic E-state index is 14.1. The van der Waals surface area contributed by atoms with Crippen molar-refractivity contribution in [3.8, 4) is 0 Å². The van der Waals surface area contributed by atoms with E-state index in [1.807, 2.05) is 26.0 Å². The first-order valence-corrected chi connectivity index (χ1v) is 11.9. The van der Waals surface area contributed by atoms with E-state index >= 15 is 0 Å². The van der Waals surface area contributed by atoms with E-state index in [-0.39, 0.29) is 44.4 Å². The van der Waals surface area contributed by atoms with Gasteiger partial charge in [-0.05, 0) is 37.6 Å². The molecule has 0 bridgehead atoms. The van der Waals surface area contributed by atoms with E-state index in [0.29, 0.717) is 17.8 Å². The van der Waals surface area contributed by atoms with Gasteiger partial charge in [0.05, 0.1) is 38.3 Å². The molecule has 2 saturated heterocycles. The van der Waals surface area contributed by atoms with Gasteiger partial charge in [0.15, 0.2) is 23.5 Å². The van der Waals surface area contributed by atoms with E-state index in [0.717, 1.165) is 20.3 Å². The summed E-state index contributed by atoms with van der Waals surface area (Å²) in [5.74, 6) is -5.74. The number of nitrogens with one attached hydrogen (secondary N) is 1. The largest absolute Gasteiger partial charge is 0.322 e. The van der Waals surface area contributed by atoms with Crippen LogP contribution in [0.3, 0.4) is 0 Å². The molecular formula is C22H23F3N3O4S+. The third-order valence-corrected chi connectivity index (χ3v) is 8.13. The highest BCUT2D eigenvalue weighted by Gasteiger charge is 2.47. The minimum absolute atomic E-state index is 0.00599. The number of hydrogen-bond donors (Lipinski definition) is 1. The summed E-state index contributed by atoms with van der Waals surface area (Å²) in [6, 6.07) is 6.06. The van der Waals surface area contributed by atoms with E-state index in [9.17, 15) is 31.2 Å². The first-order valence-electron chi connectivity index (χ1n) is 10.4. The Hall–Kier alpha value is -2.76. The zero-order valence-electron chi connectivity index (χ0n) is 18.1. The van der Waals surface area contributed by atoms with Gasteiger partial charge in [0.2, 0.25) is 15.9 Å². The minimum atomic E-state index is -4.39. The highest BCUT2D eigenvalue weighted by atomic mass is 32.2. The molecule has 4 rings (SSSR count). The van der Waals surface area contributed by atoms with Crippen LogP contribution in [-0.2, 0) is 19.6 Å². The Morgan fingerprint density at radius 1 is 0.970 bits per heavy atom. The Balaban J connectivity index is 1.49. The first-order chi connectivity index (χ1) is 15.5. The zero-order chi connectivity index (χ0) is 24.1. The van der Waals surface area contributed by atoms with Crippen LogP contribution in [0.5, 0.6) is 0 Å². The molecule has 176 valence electrons. The summed E-state index contributed by atoms with van der Waals surface area (Å²) >= 11 is 0. The molecule has 0 aromatic heterocycles. The number of carbonyl (C=O) groups excluding carboxylic acids is 2. The van der Waals surface area contributed by atoms with Gasteiger partial charge in [-0.3, -0.25) is 9.59 Å². The van der Waals surface area contributed by atoms with E-state index < -0.39 is 38.4 Å². The monoisotopic (exact) mass is 482 g/mol. The molecule has 11 heteroatoms.